The Kier molecular flexibility index (Phi) is 4.67. The van der Waals surface area contributed by atoms with Gasteiger partial charge in [-0.2, -0.15) is 0 Å². The van der Waals surface area contributed by atoms with E-state index in [1.54, 1.807) is 12.1 Å². The highest BCUT2D eigenvalue weighted by molar-refractivity contribution is 6.31. The van der Waals surface area contributed by atoms with Crippen molar-refractivity contribution in [1.82, 2.24) is 9.80 Å². The van der Waals surface area contributed by atoms with Gasteiger partial charge in [-0.1, -0.05) is 11.6 Å². The van der Waals surface area contributed by atoms with Gasteiger partial charge in [-0.25, -0.2) is 0 Å². The van der Waals surface area contributed by atoms with Crippen LogP contribution in [0.4, 0.5) is 0 Å². The van der Waals surface area contributed by atoms with E-state index in [4.69, 9.17) is 26.2 Å². The van der Waals surface area contributed by atoms with E-state index in [0.717, 1.165) is 24.9 Å². The van der Waals surface area contributed by atoms with Crippen molar-refractivity contribution in [2.24, 2.45) is 0 Å². The summed E-state index contributed by atoms with van der Waals surface area (Å²) in [5.74, 6) is 0.432. The molecule has 0 saturated carbocycles. The highest BCUT2D eigenvalue weighted by Crippen LogP contribution is 2.37. The average molecular weight is 381 g/mol. The third-order valence-electron chi connectivity index (χ3n) is 5.40. The standard InChI is InChI=1S/C18H21ClN2O5/c19-12-9-16-15(25-5-6-26-16)7-11(12)8-17(22)21-4-2-13-14(21)1-3-20(13)10-18(23)24/h7,9,13-14H,1-6,8,10H2,(H,23,24)/t13-,14-/m0/s1. The number of benzene rings is 1. The van der Waals surface area contributed by atoms with Crippen LogP contribution in [0.25, 0.3) is 0 Å². The smallest absolute Gasteiger partial charge is 0.317 e. The van der Waals surface area contributed by atoms with Gasteiger partial charge in [0.1, 0.15) is 13.2 Å². The molecular weight excluding hydrogens is 360 g/mol. The van der Waals surface area contributed by atoms with Gasteiger partial charge in [-0.05, 0) is 24.5 Å². The van der Waals surface area contributed by atoms with Gasteiger partial charge in [0.2, 0.25) is 5.91 Å². The summed E-state index contributed by atoms with van der Waals surface area (Å²) >= 11 is 6.32. The van der Waals surface area contributed by atoms with Gasteiger partial charge in [-0.15, -0.1) is 0 Å². The Bertz CT molecular complexity index is 741. The van der Waals surface area contributed by atoms with Gasteiger partial charge in [-0.3, -0.25) is 14.5 Å². The van der Waals surface area contributed by atoms with E-state index in [0.29, 0.717) is 36.3 Å². The molecule has 26 heavy (non-hydrogen) atoms. The Hall–Kier alpha value is -1.99. The summed E-state index contributed by atoms with van der Waals surface area (Å²) in [5.41, 5.74) is 0.727. The third-order valence-corrected chi connectivity index (χ3v) is 5.75. The molecule has 3 aliphatic heterocycles. The zero-order valence-electron chi connectivity index (χ0n) is 14.3. The van der Waals surface area contributed by atoms with E-state index in [-0.39, 0.29) is 31.0 Å². The fraction of sp³-hybridized carbons (Fsp3) is 0.556. The molecule has 1 aromatic carbocycles. The van der Waals surface area contributed by atoms with Crippen LogP contribution >= 0.6 is 11.6 Å². The summed E-state index contributed by atoms with van der Waals surface area (Å²) in [6, 6.07) is 3.73. The Morgan fingerprint density at radius 2 is 1.81 bits per heavy atom. The van der Waals surface area contributed by atoms with Crippen molar-refractivity contribution in [1.29, 1.82) is 0 Å². The molecule has 0 aromatic heterocycles. The summed E-state index contributed by atoms with van der Waals surface area (Å²) in [6.45, 7) is 2.39. The van der Waals surface area contributed by atoms with E-state index >= 15 is 0 Å². The second-order valence-corrected chi connectivity index (χ2v) is 7.33. The molecule has 1 aromatic rings. The maximum absolute atomic E-state index is 12.9. The van der Waals surface area contributed by atoms with Crippen molar-refractivity contribution in [3.05, 3.63) is 22.7 Å². The molecule has 1 N–H and O–H groups in total. The molecule has 2 atom stereocenters. The molecular formula is C18H21ClN2O5. The minimum absolute atomic E-state index is 0.0215. The molecule has 140 valence electrons. The van der Waals surface area contributed by atoms with Crippen LogP contribution < -0.4 is 9.47 Å². The van der Waals surface area contributed by atoms with Gasteiger partial charge in [0.05, 0.1) is 13.0 Å². The lowest BCUT2D eigenvalue weighted by molar-refractivity contribution is -0.138. The van der Waals surface area contributed by atoms with Crippen LogP contribution in [0.1, 0.15) is 18.4 Å². The summed E-state index contributed by atoms with van der Waals surface area (Å²) in [5, 5.41) is 9.53. The van der Waals surface area contributed by atoms with Crippen LogP contribution in [0.15, 0.2) is 12.1 Å². The first-order valence-corrected chi connectivity index (χ1v) is 9.24. The van der Waals surface area contributed by atoms with Gasteiger partial charge >= 0.3 is 5.97 Å². The number of aliphatic carboxylic acids is 1. The number of rotatable bonds is 4. The Balaban J connectivity index is 1.45. The molecule has 8 heteroatoms. The van der Waals surface area contributed by atoms with Crippen molar-refractivity contribution >= 4 is 23.5 Å². The van der Waals surface area contributed by atoms with Crippen LogP contribution in [-0.2, 0) is 16.0 Å². The highest BCUT2D eigenvalue weighted by atomic mass is 35.5. The lowest BCUT2D eigenvalue weighted by Gasteiger charge is -2.25. The number of carboxylic acid groups (broad SMARTS) is 1. The van der Waals surface area contributed by atoms with Crippen molar-refractivity contribution in [2.45, 2.75) is 31.3 Å². The van der Waals surface area contributed by atoms with Crippen LogP contribution in [0.3, 0.4) is 0 Å². The fourth-order valence-electron chi connectivity index (χ4n) is 4.26. The number of carbonyl (C=O) groups is 2. The Labute approximate surface area is 156 Å². The molecule has 0 bridgehead atoms. The molecule has 1 amide bonds. The molecule has 0 unspecified atom stereocenters. The first-order chi connectivity index (χ1) is 12.5. The van der Waals surface area contributed by atoms with Gasteiger partial charge in [0, 0.05) is 36.3 Å². The van der Waals surface area contributed by atoms with Crippen LogP contribution in [-0.4, -0.2) is 71.7 Å². The van der Waals surface area contributed by atoms with Gasteiger partial charge in [0.25, 0.3) is 0 Å². The van der Waals surface area contributed by atoms with Crippen molar-refractivity contribution < 1.29 is 24.2 Å². The number of fused-ring (bicyclic) bond motifs is 2. The molecule has 0 aliphatic carbocycles. The lowest BCUT2D eigenvalue weighted by Crippen LogP contribution is -2.41. The molecule has 3 aliphatic rings. The fourth-order valence-corrected chi connectivity index (χ4v) is 4.48. The predicted molar refractivity (Wildman–Crippen MR) is 93.9 cm³/mol. The van der Waals surface area contributed by atoms with E-state index < -0.39 is 5.97 Å². The number of carbonyl (C=O) groups excluding carboxylic acids is 1. The number of likely N-dealkylation sites (tertiary alicyclic amines) is 2. The van der Waals surface area contributed by atoms with Crippen molar-refractivity contribution in [3.8, 4) is 11.5 Å². The maximum atomic E-state index is 12.9. The van der Waals surface area contributed by atoms with E-state index in [9.17, 15) is 9.59 Å². The largest absolute Gasteiger partial charge is 0.486 e. The van der Waals surface area contributed by atoms with Crippen molar-refractivity contribution in [3.63, 3.8) is 0 Å². The minimum atomic E-state index is -0.821. The van der Waals surface area contributed by atoms with Crippen LogP contribution in [0.5, 0.6) is 11.5 Å². The quantitative estimate of drug-likeness (QED) is 0.851. The minimum Gasteiger partial charge on any atom is -0.486 e. The molecule has 2 fully saturated rings. The second kappa shape index (κ2) is 6.96. The maximum Gasteiger partial charge on any atom is 0.317 e. The van der Waals surface area contributed by atoms with Crippen molar-refractivity contribution in [2.75, 3.05) is 32.8 Å². The second-order valence-electron chi connectivity index (χ2n) is 6.93. The molecule has 7 nitrogen and oxygen atoms in total. The number of nitrogens with zero attached hydrogens (tertiary/aromatic N) is 2. The normalized spacial score (nSPS) is 24.6. The number of ether oxygens (including phenoxy) is 2. The SMILES string of the molecule is O=C(O)CN1CC[C@H]2[C@@H]1CCN2C(=O)Cc1cc2c(cc1Cl)OCCO2. The highest BCUT2D eigenvalue weighted by Gasteiger charge is 2.44. The number of hydrogen-bond acceptors (Lipinski definition) is 5. The summed E-state index contributed by atoms with van der Waals surface area (Å²) in [6.07, 6.45) is 1.84. The molecule has 4 rings (SSSR count). The van der Waals surface area contributed by atoms with Gasteiger partial charge < -0.3 is 19.5 Å². The Morgan fingerprint density at radius 3 is 2.54 bits per heavy atom. The average Bonchev–Trinajstić information content (AvgIpc) is 3.18. The molecule has 2 saturated heterocycles. The lowest BCUT2D eigenvalue weighted by atomic mass is 10.1. The summed E-state index contributed by atoms with van der Waals surface area (Å²) < 4.78 is 11.1. The monoisotopic (exact) mass is 380 g/mol. The third kappa shape index (κ3) is 3.21. The zero-order valence-corrected chi connectivity index (χ0v) is 15.1. The zero-order chi connectivity index (χ0) is 18.3. The summed E-state index contributed by atoms with van der Waals surface area (Å²) in [7, 11) is 0. The molecule has 0 spiro atoms. The van der Waals surface area contributed by atoms with Gasteiger partial charge in [0.15, 0.2) is 11.5 Å². The van der Waals surface area contributed by atoms with E-state index in [1.165, 1.54) is 0 Å². The number of amides is 1. The van der Waals surface area contributed by atoms with Crippen LogP contribution in [0.2, 0.25) is 5.02 Å². The first kappa shape index (κ1) is 17.4. The number of hydrogen-bond donors (Lipinski definition) is 1. The molecule has 0 radical (unpaired) electrons. The Morgan fingerprint density at radius 1 is 1.12 bits per heavy atom. The van der Waals surface area contributed by atoms with E-state index in [2.05, 4.69) is 0 Å². The number of carboxylic acids is 1. The molecule has 3 heterocycles. The predicted octanol–water partition coefficient (Wildman–Crippen LogP) is 1.41. The van der Waals surface area contributed by atoms with E-state index in [1.807, 2.05) is 9.80 Å². The number of halogens is 1. The first-order valence-electron chi connectivity index (χ1n) is 8.86. The summed E-state index contributed by atoms with van der Waals surface area (Å²) in [4.78, 5) is 27.7. The topological polar surface area (TPSA) is 79.3 Å². The van der Waals surface area contributed by atoms with Crippen LogP contribution in [0, 0.1) is 0 Å².